The van der Waals surface area contributed by atoms with Crippen molar-refractivity contribution in [3.63, 3.8) is 0 Å². The fourth-order valence-electron chi connectivity index (χ4n) is 4.99. The Hall–Kier alpha value is -3.55. The molecule has 172 valence electrons. The van der Waals surface area contributed by atoms with E-state index in [0.717, 1.165) is 5.56 Å². The number of carbonyl (C=O) groups excluding carboxylic acids is 3. The first-order chi connectivity index (χ1) is 15.9. The summed E-state index contributed by atoms with van der Waals surface area (Å²) in [6.07, 6.45) is 1.10. The van der Waals surface area contributed by atoms with Gasteiger partial charge in [-0.1, -0.05) is 18.2 Å². The van der Waals surface area contributed by atoms with Crippen LogP contribution < -0.4 is 14.4 Å². The third-order valence-corrected chi connectivity index (χ3v) is 6.75. The number of carbonyl (C=O) groups is 3. The van der Waals surface area contributed by atoms with Crippen molar-refractivity contribution < 1.29 is 23.9 Å². The van der Waals surface area contributed by atoms with Crippen LogP contribution in [0.4, 0.5) is 5.69 Å². The van der Waals surface area contributed by atoms with Gasteiger partial charge in [-0.15, -0.1) is 0 Å². The summed E-state index contributed by atoms with van der Waals surface area (Å²) in [4.78, 5) is 44.0. The third-order valence-electron chi connectivity index (χ3n) is 6.75. The molecule has 0 aliphatic carbocycles. The molecule has 1 saturated heterocycles. The zero-order valence-electron chi connectivity index (χ0n) is 18.9. The van der Waals surface area contributed by atoms with Crippen LogP contribution in [0.25, 0.3) is 0 Å². The van der Waals surface area contributed by atoms with E-state index in [2.05, 4.69) is 0 Å². The van der Waals surface area contributed by atoms with Gasteiger partial charge in [0.2, 0.25) is 11.8 Å². The zero-order chi connectivity index (χ0) is 23.2. The Morgan fingerprint density at radius 2 is 1.85 bits per heavy atom. The van der Waals surface area contributed by atoms with Gasteiger partial charge in [-0.3, -0.25) is 19.3 Å². The second-order valence-corrected chi connectivity index (χ2v) is 8.90. The monoisotopic (exact) mass is 449 g/mol. The molecule has 2 aromatic rings. The average molecular weight is 450 g/mol. The number of anilines is 1. The minimum absolute atomic E-state index is 0.00417. The molecule has 0 N–H and O–H groups in total. The van der Waals surface area contributed by atoms with Gasteiger partial charge >= 0.3 is 0 Å². The van der Waals surface area contributed by atoms with Crippen LogP contribution in [-0.2, 0) is 16.1 Å². The lowest BCUT2D eigenvalue weighted by Crippen LogP contribution is -2.62. The van der Waals surface area contributed by atoms with E-state index < -0.39 is 5.66 Å². The first-order valence-electron chi connectivity index (χ1n) is 11.2. The number of benzene rings is 2. The molecule has 3 aliphatic heterocycles. The van der Waals surface area contributed by atoms with E-state index >= 15 is 0 Å². The van der Waals surface area contributed by atoms with E-state index in [0.29, 0.717) is 55.4 Å². The molecule has 0 bridgehead atoms. The smallest absolute Gasteiger partial charge is 0.257 e. The molecule has 1 fully saturated rings. The topological polar surface area (TPSA) is 79.4 Å². The van der Waals surface area contributed by atoms with Gasteiger partial charge in [-0.25, -0.2) is 0 Å². The number of fused-ring (bicyclic) bond motifs is 4. The number of nitrogens with zero attached hydrogens (tertiary/aromatic N) is 3. The van der Waals surface area contributed by atoms with Crippen molar-refractivity contribution in [1.29, 1.82) is 0 Å². The predicted molar refractivity (Wildman–Crippen MR) is 121 cm³/mol. The van der Waals surface area contributed by atoms with Crippen LogP contribution in [0.5, 0.6) is 11.5 Å². The van der Waals surface area contributed by atoms with Gasteiger partial charge in [0.15, 0.2) is 11.5 Å². The van der Waals surface area contributed by atoms with Crippen molar-refractivity contribution in [1.82, 2.24) is 9.80 Å². The molecule has 3 amide bonds. The van der Waals surface area contributed by atoms with Gasteiger partial charge in [0.25, 0.3) is 5.91 Å². The van der Waals surface area contributed by atoms with Crippen molar-refractivity contribution >= 4 is 23.4 Å². The van der Waals surface area contributed by atoms with Crippen LogP contribution in [0, 0.1) is 0 Å². The summed E-state index contributed by atoms with van der Waals surface area (Å²) >= 11 is 0. The predicted octanol–water partition coefficient (Wildman–Crippen LogP) is 2.81. The molecule has 0 aromatic heterocycles. The van der Waals surface area contributed by atoms with Gasteiger partial charge in [0, 0.05) is 33.0 Å². The highest BCUT2D eigenvalue weighted by Crippen LogP contribution is 2.44. The van der Waals surface area contributed by atoms with E-state index in [1.807, 2.05) is 37.3 Å². The summed E-state index contributed by atoms with van der Waals surface area (Å²) < 4.78 is 11.2. The molecule has 2 aromatic carbocycles. The largest absolute Gasteiger partial charge is 0.486 e. The summed E-state index contributed by atoms with van der Waals surface area (Å²) in [5.74, 6) is 1.20. The summed E-state index contributed by atoms with van der Waals surface area (Å²) in [7, 11) is 1.75. The fraction of sp³-hybridized carbons (Fsp3) is 0.400. The van der Waals surface area contributed by atoms with Gasteiger partial charge in [-0.2, -0.15) is 0 Å². The van der Waals surface area contributed by atoms with Crippen molar-refractivity contribution in [3.05, 3.63) is 53.6 Å². The van der Waals surface area contributed by atoms with Crippen LogP contribution in [0.15, 0.2) is 42.5 Å². The molecule has 5 rings (SSSR count). The number of para-hydroxylation sites is 1. The standard InChI is InChI=1S/C25H27N3O5/c1-25-11-9-23(30)28(25)19-6-4-3-5-18(19)24(31)27(25)12-10-22(29)26(2)16-17-7-8-20-21(15-17)33-14-13-32-20/h3-8,15H,9-14,16H2,1-2H3/t25-/m0/s1. The maximum Gasteiger partial charge on any atom is 0.257 e. The molecular weight excluding hydrogens is 422 g/mol. The molecule has 33 heavy (non-hydrogen) atoms. The highest BCUT2D eigenvalue weighted by Gasteiger charge is 2.52. The van der Waals surface area contributed by atoms with Crippen LogP contribution >= 0.6 is 0 Å². The number of hydrogen-bond acceptors (Lipinski definition) is 5. The lowest BCUT2D eigenvalue weighted by molar-refractivity contribution is -0.130. The molecule has 8 heteroatoms. The Kier molecular flexibility index (Phi) is 5.23. The van der Waals surface area contributed by atoms with Crippen LogP contribution in [-0.4, -0.2) is 60.0 Å². The molecule has 8 nitrogen and oxygen atoms in total. The molecule has 0 radical (unpaired) electrons. The first kappa shape index (κ1) is 21.3. The van der Waals surface area contributed by atoms with Crippen molar-refractivity contribution in [2.75, 3.05) is 31.7 Å². The van der Waals surface area contributed by atoms with Gasteiger partial charge < -0.3 is 19.3 Å². The van der Waals surface area contributed by atoms with E-state index in [1.165, 1.54) is 0 Å². The van der Waals surface area contributed by atoms with Crippen LogP contribution in [0.2, 0.25) is 0 Å². The molecule has 3 heterocycles. The minimum Gasteiger partial charge on any atom is -0.486 e. The highest BCUT2D eigenvalue weighted by molar-refractivity contribution is 6.10. The summed E-state index contributed by atoms with van der Waals surface area (Å²) in [6.45, 7) is 3.63. The highest BCUT2D eigenvalue weighted by atomic mass is 16.6. The maximum absolute atomic E-state index is 13.3. The first-order valence-corrected chi connectivity index (χ1v) is 11.2. The third kappa shape index (κ3) is 3.59. The Labute approximate surface area is 192 Å². The Morgan fingerprint density at radius 3 is 2.67 bits per heavy atom. The van der Waals surface area contributed by atoms with Crippen LogP contribution in [0.3, 0.4) is 0 Å². The van der Waals surface area contributed by atoms with E-state index in [4.69, 9.17) is 9.47 Å². The summed E-state index contributed by atoms with van der Waals surface area (Å²) in [6, 6.07) is 12.9. The number of rotatable bonds is 5. The van der Waals surface area contributed by atoms with Crippen LogP contribution in [0.1, 0.15) is 42.1 Å². The quantitative estimate of drug-likeness (QED) is 0.701. The van der Waals surface area contributed by atoms with Gasteiger partial charge in [0.1, 0.15) is 18.9 Å². The zero-order valence-corrected chi connectivity index (χ0v) is 18.9. The molecule has 3 aliphatic rings. The number of amides is 3. The minimum atomic E-state index is -0.753. The van der Waals surface area contributed by atoms with E-state index in [-0.39, 0.29) is 30.7 Å². The van der Waals surface area contributed by atoms with Crippen molar-refractivity contribution in [3.8, 4) is 11.5 Å². The molecule has 0 saturated carbocycles. The molecular formula is C25H27N3O5. The van der Waals surface area contributed by atoms with Gasteiger partial charge in [-0.05, 0) is 43.2 Å². The molecule has 1 atom stereocenters. The SMILES string of the molecule is CN(Cc1ccc2c(c1)OCCO2)C(=O)CCN1C(=O)c2ccccc2N2C(=O)CC[C@@]12C. The summed E-state index contributed by atoms with van der Waals surface area (Å²) in [5.41, 5.74) is 1.35. The Bertz CT molecular complexity index is 1130. The molecule has 0 spiro atoms. The second-order valence-electron chi connectivity index (χ2n) is 8.90. The van der Waals surface area contributed by atoms with Crippen molar-refractivity contribution in [2.45, 2.75) is 38.4 Å². The lowest BCUT2D eigenvalue weighted by Gasteiger charge is -2.48. The maximum atomic E-state index is 13.3. The molecule has 0 unspecified atom stereocenters. The second kappa shape index (κ2) is 8.10. The van der Waals surface area contributed by atoms with Gasteiger partial charge in [0.05, 0.1) is 11.3 Å². The Morgan fingerprint density at radius 1 is 1.09 bits per heavy atom. The lowest BCUT2D eigenvalue weighted by atomic mass is 9.98. The normalized spacial score (nSPS) is 21.0. The Balaban J connectivity index is 1.29. The fourth-order valence-corrected chi connectivity index (χ4v) is 4.99. The van der Waals surface area contributed by atoms with Crippen molar-refractivity contribution in [2.24, 2.45) is 0 Å². The summed E-state index contributed by atoms with van der Waals surface area (Å²) in [5, 5.41) is 0. The number of hydrogen-bond donors (Lipinski definition) is 0. The average Bonchev–Trinajstić information content (AvgIpc) is 3.13. The van der Waals surface area contributed by atoms with E-state index in [9.17, 15) is 14.4 Å². The number of ether oxygens (including phenoxy) is 2. The van der Waals surface area contributed by atoms with E-state index in [1.54, 1.807) is 33.9 Å².